The summed E-state index contributed by atoms with van der Waals surface area (Å²) in [6.45, 7) is 3.81. The van der Waals surface area contributed by atoms with Crippen molar-refractivity contribution in [1.29, 1.82) is 0 Å². The van der Waals surface area contributed by atoms with E-state index in [1.54, 1.807) is 0 Å². The lowest BCUT2D eigenvalue weighted by Gasteiger charge is -2.10. The maximum Gasteiger partial charge on any atom is 0.145 e. The summed E-state index contributed by atoms with van der Waals surface area (Å²) >= 11 is 6.04. The number of halogens is 1. The summed E-state index contributed by atoms with van der Waals surface area (Å²) in [5, 5.41) is 1.43. The monoisotopic (exact) mass is 245 g/mol. The first-order chi connectivity index (χ1) is 8.29. The minimum Gasteiger partial charge on any atom is -0.325 e. The summed E-state index contributed by atoms with van der Waals surface area (Å²) in [6, 6.07) is 2.32. The largest absolute Gasteiger partial charge is 0.325 e. The Morgan fingerprint density at radius 1 is 1.47 bits per heavy atom. The summed E-state index contributed by atoms with van der Waals surface area (Å²) in [5.41, 5.74) is 2.20. The van der Waals surface area contributed by atoms with Crippen LogP contribution >= 0.6 is 11.6 Å². The van der Waals surface area contributed by atoms with E-state index in [1.807, 2.05) is 18.3 Å². The van der Waals surface area contributed by atoms with E-state index in [4.69, 9.17) is 11.6 Å². The third-order valence-corrected chi connectivity index (χ3v) is 3.52. The number of fused-ring (bicyclic) bond motifs is 1. The number of hydrogen-bond donors (Lipinski definition) is 0. The molecule has 0 fully saturated rings. The van der Waals surface area contributed by atoms with Gasteiger partial charge in [0.1, 0.15) is 17.1 Å². The molecule has 0 N–H and O–H groups in total. The third-order valence-electron chi connectivity index (χ3n) is 3.22. The van der Waals surface area contributed by atoms with Gasteiger partial charge in [0.15, 0.2) is 0 Å². The molecule has 1 unspecified atom stereocenters. The molecule has 0 spiro atoms. The second kappa shape index (κ2) is 4.00. The van der Waals surface area contributed by atoms with Crippen LogP contribution in [0.2, 0.25) is 5.15 Å². The fraction of sp³-hybridized carbons (Fsp3) is 0.231. The van der Waals surface area contributed by atoms with Crippen molar-refractivity contribution in [1.82, 2.24) is 14.5 Å². The molecule has 2 aromatic heterocycles. The Morgan fingerprint density at radius 2 is 2.35 bits per heavy atom. The quantitative estimate of drug-likeness (QED) is 0.758. The lowest BCUT2D eigenvalue weighted by molar-refractivity contribution is 0.605. The minimum absolute atomic E-state index is 0.353. The van der Waals surface area contributed by atoms with Crippen LogP contribution in [0.15, 0.2) is 42.9 Å². The molecule has 0 bridgehead atoms. The lowest BCUT2D eigenvalue weighted by atomic mass is 10.2. The third kappa shape index (κ3) is 1.67. The van der Waals surface area contributed by atoms with Gasteiger partial charge in [-0.05, 0) is 18.9 Å². The Balaban J connectivity index is 2.10. The van der Waals surface area contributed by atoms with Gasteiger partial charge in [-0.15, -0.1) is 0 Å². The van der Waals surface area contributed by atoms with E-state index in [-0.39, 0.29) is 0 Å². The molecular formula is C13H12ClN3. The van der Waals surface area contributed by atoms with E-state index in [1.165, 1.54) is 11.9 Å². The first-order valence-electron chi connectivity index (χ1n) is 5.60. The molecule has 86 valence electrons. The molecule has 4 heteroatoms. The number of nitrogens with zero attached hydrogens (tertiary/aromatic N) is 3. The smallest absolute Gasteiger partial charge is 0.145 e. The molecule has 2 aromatic rings. The zero-order chi connectivity index (χ0) is 11.8. The predicted octanol–water partition coefficient (Wildman–Crippen LogP) is 3.53. The highest BCUT2D eigenvalue weighted by molar-refractivity contribution is 6.33. The topological polar surface area (TPSA) is 30.7 Å². The lowest BCUT2D eigenvalue weighted by Crippen LogP contribution is -2.02. The Bertz CT molecular complexity index is 612. The molecule has 3 nitrogen and oxygen atoms in total. The summed E-state index contributed by atoms with van der Waals surface area (Å²) in [4.78, 5) is 8.30. The average Bonchev–Trinajstić information content (AvgIpc) is 2.94. The molecule has 0 radical (unpaired) electrons. The Morgan fingerprint density at radius 3 is 3.12 bits per heavy atom. The highest BCUT2D eigenvalue weighted by Crippen LogP contribution is 2.32. The van der Waals surface area contributed by atoms with Gasteiger partial charge in [-0.25, -0.2) is 9.97 Å². The SMILES string of the molecule is C=CC1=CC(n2ccc3c(Cl)ncnc32)CC1. The first kappa shape index (κ1) is 10.5. The van der Waals surface area contributed by atoms with Crippen molar-refractivity contribution in [2.45, 2.75) is 18.9 Å². The van der Waals surface area contributed by atoms with Crippen LogP contribution in [0.4, 0.5) is 0 Å². The summed E-state index contributed by atoms with van der Waals surface area (Å²) < 4.78 is 2.15. The fourth-order valence-corrected chi connectivity index (χ4v) is 2.52. The van der Waals surface area contributed by atoms with E-state index in [2.05, 4.69) is 27.2 Å². The van der Waals surface area contributed by atoms with Gasteiger partial charge in [0.25, 0.3) is 0 Å². The van der Waals surface area contributed by atoms with Crippen molar-refractivity contribution in [2.75, 3.05) is 0 Å². The number of aromatic nitrogens is 3. The van der Waals surface area contributed by atoms with Gasteiger partial charge in [0.2, 0.25) is 0 Å². The molecule has 0 saturated heterocycles. The number of allylic oxidation sites excluding steroid dienone is 3. The van der Waals surface area contributed by atoms with Gasteiger partial charge in [0.05, 0.1) is 11.4 Å². The molecule has 1 aliphatic rings. The summed E-state index contributed by atoms with van der Waals surface area (Å²) in [7, 11) is 0. The van der Waals surface area contributed by atoms with Crippen molar-refractivity contribution >= 4 is 22.6 Å². The molecule has 0 aliphatic heterocycles. The van der Waals surface area contributed by atoms with Crippen LogP contribution in [0.5, 0.6) is 0 Å². The predicted molar refractivity (Wildman–Crippen MR) is 69.1 cm³/mol. The van der Waals surface area contributed by atoms with Crippen molar-refractivity contribution in [3.05, 3.63) is 48.0 Å². The number of hydrogen-bond acceptors (Lipinski definition) is 2. The molecule has 1 aliphatic carbocycles. The van der Waals surface area contributed by atoms with E-state index >= 15 is 0 Å². The molecule has 3 rings (SSSR count). The normalized spacial score (nSPS) is 19.6. The van der Waals surface area contributed by atoms with Crippen molar-refractivity contribution in [3.63, 3.8) is 0 Å². The van der Waals surface area contributed by atoms with Crippen LogP contribution in [0.25, 0.3) is 11.0 Å². The van der Waals surface area contributed by atoms with Gasteiger partial charge in [-0.3, -0.25) is 0 Å². The van der Waals surface area contributed by atoms with Gasteiger partial charge < -0.3 is 4.57 Å². The molecule has 0 saturated carbocycles. The standard InChI is InChI=1S/C13H12ClN3/c1-2-9-3-4-10(7-9)17-6-5-11-12(14)15-8-16-13(11)17/h2,5-8,10H,1,3-4H2. The zero-order valence-corrected chi connectivity index (χ0v) is 10.1. The van der Waals surface area contributed by atoms with E-state index in [0.29, 0.717) is 11.2 Å². The molecular weight excluding hydrogens is 234 g/mol. The summed E-state index contributed by atoms with van der Waals surface area (Å²) in [6.07, 6.45) is 9.86. The van der Waals surface area contributed by atoms with Gasteiger partial charge in [-0.1, -0.05) is 35.9 Å². The summed E-state index contributed by atoms with van der Waals surface area (Å²) in [5.74, 6) is 0. The molecule has 0 aromatic carbocycles. The van der Waals surface area contributed by atoms with Crippen LogP contribution in [0.3, 0.4) is 0 Å². The maximum absolute atomic E-state index is 6.04. The van der Waals surface area contributed by atoms with Gasteiger partial charge in [0, 0.05) is 6.20 Å². The molecule has 17 heavy (non-hydrogen) atoms. The highest BCUT2D eigenvalue weighted by Gasteiger charge is 2.18. The van der Waals surface area contributed by atoms with Crippen LogP contribution < -0.4 is 0 Å². The molecule has 0 amide bonds. The fourth-order valence-electron chi connectivity index (χ4n) is 2.33. The first-order valence-corrected chi connectivity index (χ1v) is 5.97. The Labute approximate surface area is 104 Å². The van der Waals surface area contributed by atoms with Crippen molar-refractivity contribution < 1.29 is 0 Å². The molecule has 2 heterocycles. The van der Waals surface area contributed by atoms with Crippen LogP contribution in [0, 0.1) is 0 Å². The van der Waals surface area contributed by atoms with E-state index < -0.39 is 0 Å². The highest BCUT2D eigenvalue weighted by atomic mass is 35.5. The van der Waals surface area contributed by atoms with Crippen molar-refractivity contribution in [2.24, 2.45) is 0 Å². The Hall–Kier alpha value is -1.61. The second-order valence-electron chi connectivity index (χ2n) is 4.18. The van der Waals surface area contributed by atoms with E-state index in [0.717, 1.165) is 23.9 Å². The van der Waals surface area contributed by atoms with Gasteiger partial charge >= 0.3 is 0 Å². The number of rotatable bonds is 2. The molecule has 1 atom stereocenters. The van der Waals surface area contributed by atoms with E-state index in [9.17, 15) is 0 Å². The minimum atomic E-state index is 0.353. The van der Waals surface area contributed by atoms with Crippen LogP contribution in [-0.2, 0) is 0 Å². The maximum atomic E-state index is 6.04. The van der Waals surface area contributed by atoms with Crippen LogP contribution in [0.1, 0.15) is 18.9 Å². The Kier molecular flexibility index (Phi) is 2.48. The second-order valence-corrected chi connectivity index (χ2v) is 4.53. The van der Waals surface area contributed by atoms with Crippen molar-refractivity contribution in [3.8, 4) is 0 Å². The van der Waals surface area contributed by atoms with Crippen LogP contribution in [-0.4, -0.2) is 14.5 Å². The van der Waals surface area contributed by atoms with Gasteiger partial charge in [-0.2, -0.15) is 0 Å². The average molecular weight is 246 g/mol. The zero-order valence-electron chi connectivity index (χ0n) is 9.31.